The predicted octanol–water partition coefficient (Wildman–Crippen LogP) is 2.07. The van der Waals surface area contributed by atoms with Crippen LogP contribution < -0.4 is 14.8 Å². The van der Waals surface area contributed by atoms with E-state index >= 15 is 0 Å². The molecule has 3 rings (SSSR count). The second-order valence-corrected chi connectivity index (χ2v) is 8.15. The average molecular weight is 399 g/mol. The van der Waals surface area contributed by atoms with Gasteiger partial charge in [-0.2, -0.15) is 4.98 Å². The van der Waals surface area contributed by atoms with Gasteiger partial charge in [-0.3, -0.25) is 0 Å². The lowest BCUT2D eigenvalue weighted by molar-refractivity contribution is 0.0575. The number of hydrogen-bond donors (Lipinski definition) is 3. The Morgan fingerprint density at radius 3 is 2.62 bits per heavy atom. The van der Waals surface area contributed by atoms with Gasteiger partial charge in [-0.05, 0) is 50.6 Å². The maximum absolute atomic E-state index is 11.7. The molecule has 0 saturated heterocycles. The summed E-state index contributed by atoms with van der Waals surface area (Å²) < 4.78 is 31.4. The van der Waals surface area contributed by atoms with Crippen LogP contribution in [-0.4, -0.2) is 42.7 Å². The number of benzene rings is 1. The van der Waals surface area contributed by atoms with E-state index in [1.165, 1.54) is 25.4 Å². The van der Waals surface area contributed by atoms with Crippen LogP contribution in [0.25, 0.3) is 0 Å². The Balaban J connectivity index is 1.75. The highest BCUT2D eigenvalue weighted by molar-refractivity contribution is 7.89. The number of sulfonamides is 1. The molecule has 140 valence electrons. The molecule has 2 aromatic rings. The molecule has 0 unspecified atom stereocenters. The Bertz CT molecular complexity index is 876. The van der Waals surface area contributed by atoms with E-state index in [1.54, 1.807) is 12.1 Å². The fraction of sp³-hybridized carbons (Fsp3) is 0.375. The van der Waals surface area contributed by atoms with Crippen LogP contribution in [0.15, 0.2) is 35.4 Å². The van der Waals surface area contributed by atoms with Crippen molar-refractivity contribution in [2.75, 3.05) is 12.4 Å². The van der Waals surface area contributed by atoms with Gasteiger partial charge in [0.15, 0.2) is 0 Å². The van der Waals surface area contributed by atoms with Crippen LogP contribution in [0, 0.1) is 0 Å². The number of ether oxygens (including phenoxy) is 1. The summed E-state index contributed by atoms with van der Waals surface area (Å²) in [5.41, 5.74) is 0.606. The summed E-state index contributed by atoms with van der Waals surface area (Å²) in [5, 5.41) is 13.1. The highest BCUT2D eigenvalue weighted by Gasteiger charge is 2.28. The zero-order valence-electron chi connectivity index (χ0n) is 14.0. The molecule has 1 saturated carbocycles. The van der Waals surface area contributed by atoms with E-state index in [0.29, 0.717) is 12.1 Å². The molecule has 2 atom stereocenters. The summed E-state index contributed by atoms with van der Waals surface area (Å²) >= 11 is 6.08. The van der Waals surface area contributed by atoms with Crippen LogP contribution in [0.4, 0.5) is 11.6 Å². The van der Waals surface area contributed by atoms with Crippen LogP contribution in [0.3, 0.4) is 0 Å². The maximum Gasteiger partial charge on any atom is 0.240 e. The summed E-state index contributed by atoms with van der Waals surface area (Å²) in [6.45, 7) is 0. The number of aliphatic hydroxyl groups excluding tert-OH is 1. The van der Waals surface area contributed by atoms with E-state index in [9.17, 15) is 13.5 Å². The highest BCUT2D eigenvalue weighted by Crippen LogP contribution is 2.29. The third kappa shape index (κ3) is 4.24. The molecule has 0 aliphatic heterocycles. The Hall–Kier alpha value is -1.94. The molecule has 1 fully saturated rings. The molecule has 0 spiro atoms. The molecule has 8 nitrogen and oxygen atoms in total. The van der Waals surface area contributed by atoms with Crippen molar-refractivity contribution < 1.29 is 18.3 Å². The standard InChI is InChI=1S/C16H19ClN4O4S/c1-18-26(23,24)11-7-5-10(6-8-11)20-16-19-9-12(17)15(21-16)25-14-4-2-3-13(14)22/h5-9,13-14,18,22H,2-4H2,1H3,(H,19,20,21)/t13-,14+/m0/s1. The lowest BCUT2D eigenvalue weighted by Gasteiger charge is -2.17. The number of nitrogens with zero attached hydrogens (tertiary/aromatic N) is 2. The van der Waals surface area contributed by atoms with E-state index in [1.807, 2.05) is 0 Å². The van der Waals surface area contributed by atoms with Gasteiger partial charge in [-0.1, -0.05) is 11.6 Å². The number of aliphatic hydroxyl groups is 1. The van der Waals surface area contributed by atoms with Crippen molar-refractivity contribution in [2.24, 2.45) is 0 Å². The van der Waals surface area contributed by atoms with E-state index in [0.717, 1.165) is 12.8 Å². The molecular weight excluding hydrogens is 380 g/mol. The topological polar surface area (TPSA) is 113 Å². The van der Waals surface area contributed by atoms with Gasteiger partial charge >= 0.3 is 0 Å². The Morgan fingerprint density at radius 2 is 2.00 bits per heavy atom. The largest absolute Gasteiger partial charge is 0.470 e. The van der Waals surface area contributed by atoms with E-state index in [2.05, 4.69) is 20.0 Å². The van der Waals surface area contributed by atoms with Gasteiger partial charge in [0.2, 0.25) is 21.9 Å². The van der Waals surface area contributed by atoms with Crippen LogP contribution in [0.5, 0.6) is 5.88 Å². The summed E-state index contributed by atoms with van der Waals surface area (Å²) in [6.07, 6.45) is 2.88. The Morgan fingerprint density at radius 1 is 1.27 bits per heavy atom. The van der Waals surface area contributed by atoms with Crippen molar-refractivity contribution in [3.05, 3.63) is 35.5 Å². The Kier molecular flexibility index (Phi) is 5.61. The van der Waals surface area contributed by atoms with Crippen molar-refractivity contribution in [1.82, 2.24) is 14.7 Å². The number of hydrogen-bond acceptors (Lipinski definition) is 7. The van der Waals surface area contributed by atoms with Crippen molar-refractivity contribution in [3.8, 4) is 5.88 Å². The molecule has 0 bridgehead atoms. The van der Waals surface area contributed by atoms with Gasteiger partial charge in [-0.25, -0.2) is 18.1 Å². The quantitative estimate of drug-likeness (QED) is 0.682. The van der Waals surface area contributed by atoms with Crippen molar-refractivity contribution in [2.45, 2.75) is 36.4 Å². The molecule has 1 aliphatic carbocycles. The predicted molar refractivity (Wildman–Crippen MR) is 97.3 cm³/mol. The second kappa shape index (κ2) is 7.75. The molecule has 0 amide bonds. The van der Waals surface area contributed by atoms with Gasteiger partial charge < -0.3 is 15.2 Å². The number of rotatable bonds is 6. The van der Waals surface area contributed by atoms with Crippen LogP contribution in [0.2, 0.25) is 5.02 Å². The summed E-state index contributed by atoms with van der Waals surface area (Å²) in [6, 6.07) is 6.14. The maximum atomic E-state index is 11.7. The molecule has 1 aromatic heterocycles. The van der Waals surface area contributed by atoms with E-state index in [4.69, 9.17) is 16.3 Å². The lowest BCUT2D eigenvalue weighted by atomic mass is 10.3. The molecule has 3 N–H and O–H groups in total. The van der Waals surface area contributed by atoms with Gasteiger partial charge in [0.05, 0.1) is 17.2 Å². The molecule has 0 radical (unpaired) electrons. The van der Waals surface area contributed by atoms with Gasteiger partial charge in [0.25, 0.3) is 0 Å². The Labute approximate surface area is 156 Å². The fourth-order valence-electron chi connectivity index (χ4n) is 2.65. The van der Waals surface area contributed by atoms with Crippen LogP contribution in [0.1, 0.15) is 19.3 Å². The van der Waals surface area contributed by atoms with Gasteiger partial charge in [0, 0.05) is 5.69 Å². The molecule has 26 heavy (non-hydrogen) atoms. The summed E-state index contributed by atoms with van der Waals surface area (Å²) in [4.78, 5) is 8.48. The zero-order valence-corrected chi connectivity index (χ0v) is 15.6. The third-order valence-corrected chi connectivity index (χ3v) is 5.77. The number of aromatic nitrogens is 2. The van der Waals surface area contributed by atoms with Gasteiger partial charge in [0.1, 0.15) is 11.1 Å². The first-order chi connectivity index (χ1) is 12.4. The van der Waals surface area contributed by atoms with E-state index in [-0.39, 0.29) is 27.9 Å². The zero-order chi connectivity index (χ0) is 18.7. The molecule has 1 heterocycles. The second-order valence-electron chi connectivity index (χ2n) is 5.86. The van der Waals surface area contributed by atoms with E-state index < -0.39 is 16.1 Å². The first-order valence-corrected chi connectivity index (χ1v) is 9.93. The summed E-state index contributed by atoms with van der Waals surface area (Å²) in [7, 11) is -2.14. The third-order valence-electron chi connectivity index (χ3n) is 4.08. The first kappa shape index (κ1) is 18.8. The smallest absolute Gasteiger partial charge is 0.240 e. The summed E-state index contributed by atoms with van der Waals surface area (Å²) in [5.74, 6) is 0.450. The average Bonchev–Trinajstić information content (AvgIpc) is 3.03. The normalized spacial score (nSPS) is 20.1. The van der Waals surface area contributed by atoms with Crippen molar-refractivity contribution in [1.29, 1.82) is 0 Å². The van der Waals surface area contributed by atoms with Crippen LogP contribution in [-0.2, 0) is 10.0 Å². The van der Waals surface area contributed by atoms with Crippen LogP contribution >= 0.6 is 11.6 Å². The SMILES string of the molecule is CNS(=O)(=O)c1ccc(Nc2ncc(Cl)c(O[C@@H]3CCC[C@@H]3O)n2)cc1. The highest BCUT2D eigenvalue weighted by atomic mass is 35.5. The van der Waals surface area contributed by atoms with Crippen molar-refractivity contribution in [3.63, 3.8) is 0 Å². The molecular formula is C16H19ClN4O4S. The number of anilines is 2. The minimum atomic E-state index is -3.49. The monoisotopic (exact) mass is 398 g/mol. The fourth-order valence-corrected chi connectivity index (χ4v) is 3.51. The lowest BCUT2D eigenvalue weighted by Crippen LogP contribution is -2.26. The number of halogens is 1. The number of nitrogens with one attached hydrogen (secondary N) is 2. The minimum absolute atomic E-state index is 0.154. The van der Waals surface area contributed by atoms with Crippen molar-refractivity contribution >= 4 is 33.3 Å². The first-order valence-electron chi connectivity index (χ1n) is 8.07. The molecule has 10 heteroatoms. The minimum Gasteiger partial charge on any atom is -0.470 e. The van der Waals surface area contributed by atoms with Gasteiger partial charge in [-0.15, -0.1) is 0 Å². The molecule has 1 aromatic carbocycles. The molecule has 1 aliphatic rings.